The van der Waals surface area contributed by atoms with E-state index in [0.29, 0.717) is 12.8 Å². The van der Waals surface area contributed by atoms with Crippen LogP contribution in [0, 0.1) is 0 Å². The molecule has 0 heterocycles. The molecule has 0 bridgehead atoms. The third kappa shape index (κ3) is 7.13. The first-order valence-electron chi connectivity index (χ1n) is 12.0. The number of phenols is 2. The van der Waals surface area contributed by atoms with Gasteiger partial charge in [0.05, 0.1) is 0 Å². The number of ketones is 1. The highest BCUT2D eigenvalue weighted by atomic mass is 19.4. The third-order valence-electron chi connectivity index (χ3n) is 6.22. The number of benzene rings is 3. The molecule has 3 aromatic carbocycles. The Morgan fingerprint density at radius 3 is 1.84 bits per heavy atom. The van der Waals surface area contributed by atoms with Gasteiger partial charge in [-0.05, 0) is 54.7 Å². The number of rotatable bonds is 12. The Balaban J connectivity index is 1.80. The lowest BCUT2D eigenvalue weighted by Gasteiger charge is -2.33. The molecule has 0 saturated heterocycles. The van der Waals surface area contributed by atoms with E-state index in [1.807, 2.05) is 0 Å². The van der Waals surface area contributed by atoms with Crippen LogP contribution in [0.15, 0.2) is 78.9 Å². The number of halogens is 3. The van der Waals surface area contributed by atoms with Gasteiger partial charge in [-0.25, -0.2) is 4.79 Å². The number of carbonyl (C=O) groups excluding carboxylic acids is 2. The lowest BCUT2D eigenvalue weighted by molar-refractivity contribution is -0.278. The van der Waals surface area contributed by atoms with Crippen LogP contribution >= 0.6 is 0 Å². The Morgan fingerprint density at radius 2 is 1.34 bits per heavy atom. The van der Waals surface area contributed by atoms with Crippen LogP contribution in [0.25, 0.3) is 0 Å². The van der Waals surface area contributed by atoms with Crippen LogP contribution in [0.2, 0.25) is 0 Å². The van der Waals surface area contributed by atoms with Crippen LogP contribution in [0.3, 0.4) is 0 Å². The minimum atomic E-state index is -5.13. The van der Waals surface area contributed by atoms with Crippen molar-refractivity contribution < 1.29 is 42.4 Å². The lowest BCUT2D eigenvalue weighted by Crippen LogP contribution is -2.52. The molecule has 0 saturated carbocycles. The first-order valence-corrected chi connectivity index (χ1v) is 12.0. The highest BCUT2D eigenvalue weighted by Crippen LogP contribution is 2.43. The molecule has 9 heteroatoms. The van der Waals surface area contributed by atoms with Crippen LogP contribution < -0.4 is 0 Å². The van der Waals surface area contributed by atoms with Gasteiger partial charge in [-0.3, -0.25) is 4.79 Å². The van der Waals surface area contributed by atoms with E-state index in [4.69, 9.17) is 9.47 Å². The zero-order valence-corrected chi connectivity index (χ0v) is 20.8. The molecule has 2 atom stereocenters. The molecule has 0 unspecified atom stereocenters. The van der Waals surface area contributed by atoms with E-state index in [9.17, 15) is 33.0 Å². The average molecular weight is 531 g/mol. The molecule has 0 aliphatic heterocycles. The smallest absolute Gasteiger partial charge is 0.432 e. The molecule has 3 aromatic rings. The van der Waals surface area contributed by atoms with E-state index in [1.54, 1.807) is 24.3 Å². The maximum Gasteiger partial charge on any atom is 0.432 e. The summed E-state index contributed by atoms with van der Waals surface area (Å²) in [6.45, 7) is 0. The maximum absolute atomic E-state index is 14.3. The summed E-state index contributed by atoms with van der Waals surface area (Å²) in [6.07, 6.45) is -5.77. The quantitative estimate of drug-likeness (QED) is 0.295. The van der Waals surface area contributed by atoms with Crippen LogP contribution in [0.1, 0.15) is 36.0 Å². The fraction of sp³-hybridized carbons (Fsp3) is 0.310. The minimum absolute atomic E-state index is 0.0547. The standard InChI is InChI=1S/C29H29F3O6/c1-37-28(29(30,31)32,22-5-3-2-4-6-22)27(36)38-26(18-12-21-9-15-24(34)16-10-21)19-25(35)17-11-20-7-13-23(33)14-8-20/h2-10,13-16,26,33-34H,11-12,17-19H2,1H3/t26-,28+/m0/s1. The van der Waals surface area contributed by atoms with Crippen LogP contribution in [0.5, 0.6) is 11.5 Å². The second-order valence-electron chi connectivity index (χ2n) is 8.89. The molecule has 38 heavy (non-hydrogen) atoms. The van der Waals surface area contributed by atoms with Gasteiger partial charge in [-0.2, -0.15) is 13.2 Å². The van der Waals surface area contributed by atoms with Crippen molar-refractivity contribution in [2.75, 3.05) is 7.11 Å². The number of ether oxygens (including phenoxy) is 2. The summed E-state index contributed by atoms with van der Waals surface area (Å²) in [5.41, 5.74) is -2.25. The van der Waals surface area contributed by atoms with Crippen molar-refractivity contribution in [2.24, 2.45) is 0 Å². The topological polar surface area (TPSA) is 93.1 Å². The molecule has 0 aromatic heterocycles. The third-order valence-corrected chi connectivity index (χ3v) is 6.22. The molecular weight excluding hydrogens is 501 g/mol. The first-order chi connectivity index (χ1) is 18.0. The molecule has 0 radical (unpaired) electrons. The van der Waals surface area contributed by atoms with Crippen LogP contribution in [0.4, 0.5) is 13.2 Å². The molecule has 0 aliphatic rings. The average Bonchev–Trinajstić information content (AvgIpc) is 2.88. The van der Waals surface area contributed by atoms with Crippen molar-refractivity contribution in [2.45, 2.75) is 50.0 Å². The van der Waals surface area contributed by atoms with Gasteiger partial charge < -0.3 is 19.7 Å². The fourth-order valence-electron chi connectivity index (χ4n) is 4.12. The second-order valence-corrected chi connectivity index (χ2v) is 8.89. The Kier molecular flexibility index (Phi) is 9.52. The predicted octanol–water partition coefficient (Wildman–Crippen LogP) is 5.64. The second kappa shape index (κ2) is 12.6. The zero-order valence-electron chi connectivity index (χ0n) is 20.8. The number of alkyl halides is 3. The fourth-order valence-corrected chi connectivity index (χ4v) is 4.12. The van der Waals surface area contributed by atoms with Crippen molar-refractivity contribution in [3.05, 3.63) is 95.6 Å². The Hall–Kier alpha value is -3.85. The van der Waals surface area contributed by atoms with E-state index in [1.165, 1.54) is 42.5 Å². The summed E-state index contributed by atoms with van der Waals surface area (Å²) in [5.74, 6) is -1.80. The number of phenolic OH excluding ortho intramolecular Hbond substituents is 2. The van der Waals surface area contributed by atoms with E-state index >= 15 is 0 Å². The summed E-state index contributed by atoms with van der Waals surface area (Å²) in [5, 5.41) is 18.9. The first kappa shape index (κ1) is 28.7. The molecule has 6 nitrogen and oxygen atoms in total. The summed E-state index contributed by atoms with van der Waals surface area (Å²) < 4.78 is 53.1. The van der Waals surface area contributed by atoms with Gasteiger partial charge in [0.15, 0.2) is 0 Å². The maximum atomic E-state index is 14.3. The van der Waals surface area contributed by atoms with Crippen molar-refractivity contribution in [1.82, 2.24) is 0 Å². The summed E-state index contributed by atoms with van der Waals surface area (Å²) in [7, 11) is 0.788. The van der Waals surface area contributed by atoms with E-state index in [2.05, 4.69) is 0 Å². The number of esters is 1. The monoisotopic (exact) mass is 530 g/mol. The molecule has 202 valence electrons. The van der Waals surface area contributed by atoms with Crippen molar-refractivity contribution >= 4 is 11.8 Å². The number of hydrogen-bond donors (Lipinski definition) is 2. The number of aromatic hydroxyl groups is 2. The number of aryl methyl sites for hydroxylation is 2. The normalized spacial score (nSPS) is 13.9. The molecular formula is C29H29F3O6. The Bertz CT molecular complexity index is 1190. The predicted molar refractivity (Wildman–Crippen MR) is 134 cm³/mol. The summed E-state index contributed by atoms with van der Waals surface area (Å²) >= 11 is 0. The minimum Gasteiger partial charge on any atom is -0.508 e. The molecule has 0 amide bonds. The zero-order chi connectivity index (χ0) is 27.8. The van der Waals surface area contributed by atoms with Gasteiger partial charge in [0.2, 0.25) is 0 Å². The Morgan fingerprint density at radius 1 is 0.816 bits per heavy atom. The lowest BCUT2D eigenvalue weighted by atomic mass is 9.92. The summed E-state index contributed by atoms with van der Waals surface area (Å²) in [6, 6.07) is 19.0. The van der Waals surface area contributed by atoms with Gasteiger partial charge in [0, 0.05) is 25.5 Å². The number of hydrogen-bond acceptors (Lipinski definition) is 6. The summed E-state index contributed by atoms with van der Waals surface area (Å²) in [4.78, 5) is 26.0. The SMILES string of the molecule is CO[C@@](C(=O)O[C@@H](CCc1ccc(O)cc1)CC(=O)CCc1ccc(O)cc1)(c1ccccc1)C(F)(F)F. The van der Waals surface area contributed by atoms with Gasteiger partial charge in [0.25, 0.3) is 5.60 Å². The molecule has 0 aliphatic carbocycles. The van der Waals surface area contributed by atoms with Crippen molar-refractivity contribution in [3.8, 4) is 11.5 Å². The van der Waals surface area contributed by atoms with Gasteiger partial charge in [-0.15, -0.1) is 0 Å². The largest absolute Gasteiger partial charge is 0.508 e. The molecule has 3 rings (SSSR count). The molecule has 0 spiro atoms. The van der Waals surface area contributed by atoms with Gasteiger partial charge in [0.1, 0.15) is 23.4 Å². The highest BCUT2D eigenvalue weighted by molar-refractivity contribution is 5.84. The van der Waals surface area contributed by atoms with E-state index in [0.717, 1.165) is 30.4 Å². The van der Waals surface area contributed by atoms with Gasteiger partial charge >= 0.3 is 12.1 Å². The van der Waals surface area contributed by atoms with Crippen molar-refractivity contribution in [3.63, 3.8) is 0 Å². The van der Waals surface area contributed by atoms with Crippen molar-refractivity contribution in [1.29, 1.82) is 0 Å². The number of Topliss-reactive ketones (excluding diaryl/α,β-unsaturated/α-hetero) is 1. The number of carbonyl (C=O) groups is 2. The molecule has 0 fully saturated rings. The van der Waals surface area contributed by atoms with Crippen LogP contribution in [-0.4, -0.2) is 41.4 Å². The van der Waals surface area contributed by atoms with Gasteiger partial charge in [-0.1, -0.05) is 54.6 Å². The Labute approximate surface area is 218 Å². The van der Waals surface area contributed by atoms with Crippen LogP contribution in [-0.2, 0) is 37.5 Å². The number of methoxy groups -OCH3 is 1. The van der Waals surface area contributed by atoms with E-state index < -0.39 is 29.4 Å². The highest BCUT2D eigenvalue weighted by Gasteiger charge is 2.64. The molecule has 2 N–H and O–H groups in total. The van der Waals surface area contributed by atoms with E-state index in [-0.39, 0.29) is 36.5 Å².